The van der Waals surface area contributed by atoms with Crippen LogP contribution in [0.5, 0.6) is 0 Å². The molecule has 0 amide bonds. The van der Waals surface area contributed by atoms with Crippen LogP contribution in [0.3, 0.4) is 0 Å². The Kier molecular flexibility index (Phi) is 5.32. The lowest BCUT2D eigenvalue weighted by molar-refractivity contribution is 0.282. The molecule has 0 saturated carbocycles. The van der Waals surface area contributed by atoms with Crippen molar-refractivity contribution in [3.63, 3.8) is 0 Å². The van der Waals surface area contributed by atoms with E-state index in [0.717, 1.165) is 31.5 Å². The highest BCUT2D eigenvalue weighted by atomic mass is 16.3. The Bertz CT molecular complexity index is 531. The van der Waals surface area contributed by atoms with Crippen molar-refractivity contribution in [1.82, 2.24) is 15.1 Å². The number of rotatable bonds is 7. The van der Waals surface area contributed by atoms with Crippen LogP contribution in [0.15, 0.2) is 30.5 Å². The van der Waals surface area contributed by atoms with Crippen LogP contribution < -0.4 is 5.32 Å². The van der Waals surface area contributed by atoms with Crippen molar-refractivity contribution >= 4 is 0 Å². The van der Waals surface area contributed by atoms with Crippen molar-refractivity contribution in [2.75, 3.05) is 6.54 Å². The largest absolute Gasteiger partial charge is 0.392 e. The van der Waals surface area contributed by atoms with E-state index in [1.807, 2.05) is 23.9 Å². The van der Waals surface area contributed by atoms with Gasteiger partial charge in [0.15, 0.2) is 0 Å². The summed E-state index contributed by atoms with van der Waals surface area (Å²) in [4.78, 5) is 0. The monoisotopic (exact) mass is 273 g/mol. The number of aromatic nitrogens is 2. The van der Waals surface area contributed by atoms with Gasteiger partial charge in [0.25, 0.3) is 0 Å². The van der Waals surface area contributed by atoms with Gasteiger partial charge in [0.1, 0.15) is 0 Å². The van der Waals surface area contributed by atoms with Gasteiger partial charge < -0.3 is 10.4 Å². The minimum atomic E-state index is 0.110. The first-order valence-electron chi connectivity index (χ1n) is 7.13. The van der Waals surface area contributed by atoms with Gasteiger partial charge in [-0.25, -0.2) is 0 Å². The Morgan fingerprint density at radius 2 is 1.90 bits per heavy atom. The van der Waals surface area contributed by atoms with E-state index in [-0.39, 0.29) is 6.61 Å². The zero-order chi connectivity index (χ0) is 14.4. The van der Waals surface area contributed by atoms with Gasteiger partial charge in [-0.05, 0) is 30.5 Å². The molecular weight excluding hydrogens is 250 g/mol. The molecule has 2 rings (SSSR count). The second-order valence-electron chi connectivity index (χ2n) is 5.03. The Labute approximate surface area is 120 Å². The Morgan fingerprint density at radius 3 is 2.55 bits per heavy atom. The van der Waals surface area contributed by atoms with E-state index in [0.29, 0.717) is 0 Å². The molecule has 1 heterocycles. The molecule has 0 atom stereocenters. The van der Waals surface area contributed by atoms with Crippen molar-refractivity contribution in [1.29, 1.82) is 0 Å². The van der Waals surface area contributed by atoms with Crippen LogP contribution in [-0.4, -0.2) is 21.4 Å². The third-order valence-electron chi connectivity index (χ3n) is 3.44. The molecule has 2 aromatic rings. The van der Waals surface area contributed by atoms with Crippen LogP contribution >= 0.6 is 0 Å². The molecule has 108 valence electrons. The van der Waals surface area contributed by atoms with Crippen LogP contribution in [0.2, 0.25) is 0 Å². The Morgan fingerprint density at radius 1 is 1.20 bits per heavy atom. The first-order valence-corrected chi connectivity index (χ1v) is 7.13. The highest BCUT2D eigenvalue weighted by Crippen LogP contribution is 2.07. The molecule has 0 fully saturated rings. The number of aryl methyl sites for hydroxylation is 2. The number of nitrogens with one attached hydrogen (secondary N) is 1. The number of aliphatic hydroxyl groups is 1. The van der Waals surface area contributed by atoms with Gasteiger partial charge >= 0.3 is 0 Å². The summed E-state index contributed by atoms with van der Waals surface area (Å²) in [6.45, 7) is 4.05. The van der Waals surface area contributed by atoms with Gasteiger partial charge in [0.2, 0.25) is 0 Å². The zero-order valence-electron chi connectivity index (χ0n) is 12.3. The van der Waals surface area contributed by atoms with Crippen LogP contribution in [-0.2, 0) is 33.0 Å². The van der Waals surface area contributed by atoms with E-state index in [1.165, 1.54) is 16.8 Å². The summed E-state index contributed by atoms with van der Waals surface area (Å²) in [6.07, 6.45) is 4.05. The highest BCUT2D eigenvalue weighted by molar-refractivity contribution is 5.22. The van der Waals surface area contributed by atoms with Gasteiger partial charge in [-0.15, -0.1) is 0 Å². The summed E-state index contributed by atoms with van der Waals surface area (Å²) < 4.78 is 1.88. The highest BCUT2D eigenvalue weighted by Gasteiger charge is 2.04. The Balaban J connectivity index is 1.78. The molecule has 1 aromatic carbocycles. The van der Waals surface area contributed by atoms with Gasteiger partial charge in [0, 0.05) is 25.4 Å². The van der Waals surface area contributed by atoms with E-state index in [2.05, 4.69) is 35.7 Å². The number of hydrogen-bond acceptors (Lipinski definition) is 3. The number of benzene rings is 1. The molecule has 0 radical (unpaired) electrons. The van der Waals surface area contributed by atoms with Crippen molar-refractivity contribution in [2.24, 2.45) is 7.05 Å². The van der Waals surface area contributed by atoms with E-state index in [1.54, 1.807) is 0 Å². The molecule has 0 aliphatic rings. The van der Waals surface area contributed by atoms with Gasteiger partial charge in [-0.3, -0.25) is 4.68 Å². The minimum Gasteiger partial charge on any atom is -0.392 e. The van der Waals surface area contributed by atoms with Crippen LogP contribution in [0.25, 0.3) is 0 Å². The lowest BCUT2D eigenvalue weighted by Crippen LogP contribution is -2.17. The maximum absolute atomic E-state index is 9.00. The fourth-order valence-electron chi connectivity index (χ4n) is 2.30. The minimum absolute atomic E-state index is 0.110. The third-order valence-corrected chi connectivity index (χ3v) is 3.44. The van der Waals surface area contributed by atoms with E-state index in [9.17, 15) is 0 Å². The molecular formula is C16H23N3O. The summed E-state index contributed by atoms with van der Waals surface area (Å²) in [6, 6.07) is 8.11. The number of aliphatic hydroxyl groups excluding tert-OH is 1. The quantitative estimate of drug-likeness (QED) is 0.756. The lowest BCUT2D eigenvalue weighted by Gasteiger charge is -2.05. The molecule has 1 aromatic heterocycles. The van der Waals surface area contributed by atoms with Crippen LogP contribution in [0.1, 0.15) is 29.3 Å². The second-order valence-corrected chi connectivity index (χ2v) is 5.03. The molecule has 2 N–H and O–H groups in total. The molecule has 0 aliphatic heterocycles. The van der Waals surface area contributed by atoms with Crippen LogP contribution in [0.4, 0.5) is 0 Å². The first kappa shape index (κ1) is 14.8. The Hall–Kier alpha value is -1.65. The van der Waals surface area contributed by atoms with E-state index < -0.39 is 0 Å². The summed E-state index contributed by atoms with van der Waals surface area (Å²) in [7, 11) is 1.96. The first-order chi connectivity index (χ1) is 9.72. The fraction of sp³-hybridized carbons (Fsp3) is 0.438. The lowest BCUT2D eigenvalue weighted by atomic mass is 10.1. The molecule has 0 spiro atoms. The molecule has 0 saturated heterocycles. The summed E-state index contributed by atoms with van der Waals surface area (Å²) in [5.41, 5.74) is 4.71. The van der Waals surface area contributed by atoms with E-state index >= 15 is 0 Å². The second kappa shape index (κ2) is 7.22. The van der Waals surface area contributed by atoms with Gasteiger partial charge in [-0.1, -0.05) is 31.2 Å². The molecule has 20 heavy (non-hydrogen) atoms. The topological polar surface area (TPSA) is 50.1 Å². The number of hydrogen-bond donors (Lipinski definition) is 2. The van der Waals surface area contributed by atoms with E-state index in [4.69, 9.17) is 5.11 Å². The smallest absolute Gasteiger partial charge is 0.0681 e. The SMILES string of the molecule is CCc1nn(C)cc1CNCCc1ccc(CO)cc1. The van der Waals surface area contributed by atoms with Crippen LogP contribution in [0, 0.1) is 0 Å². The van der Waals surface area contributed by atoms with Crippen molar-refractivity contribution in [2.45, 2.75) is 32.9 Å². The normalized spacial score (nSPS) is 10.9. The average Bonchev–Trinajstić information content (AvgIpc) is 2.84. The van der Waals surface area contributed by atoms with Gasteiger partial charge in [0.05, 0.1) is 12.3 Å². The summed E-state index contributed by atoms with van der Waals surface area (Å²) in [5, 5.41) is 16.9. The maximum atomic E-state index is 9.00. The average molecular weight is 273 g/mol. The maximum Gasteiger partial charge on any atom is 0.0681 e. The molecule has 4 nitrogen and oxygen atoms in total. The zero-order valence-corrected chi connectivity index (χ0v) is 12.3. The van der Waals surface area contributed by atoms with Crippen molar-refractivity contribution < 1.29 is 5.11 Å². The summed E-state index contributed by atoms with van der Waals surface area (Å²) >= 11 is 0. The van der Waals surface area contributed by atoms with Gasteiger partial charge in [-0.2, -0.15) is 5.10 Å². The molecule has 4 heteroatoms. The van der Waals surface area contributed by atoms with Crippen molar-refractivity contribution in [3.05, 3.63) is 52.8 Å². The fourth-order valence-corrected chi connectivity index (χ4v) is 2.30. The van der Waals surface area contributed by atoms with Crippen molar-refractivity contribution in [3.8, 4) is 0 Å². The molecule has 0 aliphatic carbocycles. The predicted octanol–water partition coefficient (Wildman–Crippen LogP) is 1.81. The number of nitrogens with zero attached hydrogens (tertiary/aromatic N) is 2. The molecule has 0 bridgehead atoms. The summed E-state index contributed by atoms with van der Waals surface area (Å²) in [5.74, 6) is 0. The molecule has 0 unspecified atom stereocenters. The third kappa shape index (κ3) is 3.92. The predicted molar refractivity (Wildman–Crippen MR) is 80.4 cm³/mol. The standard InChI is InChI=1S/C16H23N3O/c1-3-16-15(11-19(2)18-16)10-17-9-8-13-4-6-14(12-20)7-5-13/h4-7,11,17,20H,3,8-10,12H2,1-2H3.